The standard InChI is InChI=1S/C18H19BrN2O5/c1-25-13-5-3-12(4-6-13)11-14(17(23)20-9-2-10-22)21-18(24)15-7-8-16(19)26-15/h3-8,11,22H,2,9-10H2,1H3,(H,20,23)(H,21,24)/b14-11-. The van der Waals surface area contributed by atoms with Crippen LogP contribution >= 0.6 is 15.9 Å². The predicted octanol–water partition coefficient (Wildman–Crippen LogP) is 2.32. The average molecular weight is 423 g/mol. The third-order valence-corrected chi connectivity index (χ3v) is 3.76. The van der Waals surface area contributed by atoms with Crippen LogP contribution in [0.4, 0.5) is 0 Å². The molecule has 8 heteroatoms. The molecule has 0 saturated heterocycles. The molecule has 0 radical (unpaired) electrons. The molecule has 0 spiro atoms. The Bertz CT molecular complexity index is 783. The van der Waals surface area contributed by atoms with E-state index in [1.165, 1.54) is 6.07 Å². The predicted molar refractivity (Wildman–Crippen MR) is 99.6 cm³/mol. The SMILES string of the molecule is COc1ccc(/C=C(\NC(=O)c2ccc(Br)o2)C(=O)NCCCO)cc1. The van der Waals surface area contributed by atoms with Crippen molar-refractivity contribution in [2.24, 2.45) is 0 Å². The second kappa shape index (κ2) is 9.79. The van der Waals surface area contributed by atoms with Gasteiger partial charge in [0.05, 0.1) is 7.11 Å². The molecule has 0 aliphatic heterocycles. The summed E-state index contributed by atoms with van der Waals surface area (Å²) >= 11 is 3.13. The minimum absolute atomic E-state index is 0.0371. The third-order valence-electron chi connectivity index (χ3n) is 3.34. The molecule has 0 atom stereocenters. The molecule has 0 bridgehead atoms. The number of aliphatic hydroxyl groups excluding tert-OH is 1. The molecular weight excluding hydrogens is 404 g/mol. The van der Waals surface area contributed by atoms with Gasteiger partial charge in [0.15, 0.2) is 10.4 Å². The molecule has 0 fully saturated rings. The lowest BCUT2D eigenvalue weighted by atomic mass is 10.1. The van der Waals surface area contributed by atoms with Crippen LogP contribution in [0, 0.1) is 0 Å². The molecule has 7 nitrogen and oxygen atoms in total. The molecule has 2 aromatic rings. The summed E-state index contributed by atoms with van der Waals surface area (Å²) in [7, 11) is 1.56. The molecule has 26 heavy (non-hydrogen) atoms. The molecule has 1 aromatic carbocycles. The molecule has 3 N–H and O–H groups in total. The fraction of sp³-hybridized carbons (Fsp3) is 0.222. The Balaban J connectivity index is 2.20. The Hall–Kier alpha value is -2.58. The van der Waals surface area contributed by atoms with Gasteiger partial charge in [0.25, 0.3) is 11.8 Å². The van der Waals surface area contributed by atoms with Crippen LogP contribution in [0.2, 0.25) is 0 Å². The van der Waals surface area contributed by atoms with Gasteiger partial charge in [-0.2, -0.15) is 0 Å². The highest BCUT2D eigenvalue weighted by Gasteiger charge is 2.17. The lowest BCUT2D eigenvalue weighted by Crippen LogP contribution is -2.35. The summed E-state index contributed by atoms with van der Waals surface area (Å²) in [5.74, 6) is -0.262. The van der Waals surface area contributed by atoms with Crippen LogP contribution in [0.3, 0.4) is 0 Å². The van der Waals surface area contributed by atoms with Crippen LogP contribution < -0.4 is 15.4 Å². The minimum atomic E-state index is -0.548. The van der Waals surface area contributed by atoms with E-state index in [1.807, 2.05) is 0 Å². The van der Waals surface area contributed by atoms with Gasteiger partial charge in [-0.1, -0.05) is 12.1 Å². The zero-order valence-corrected chi connectivity index (χ0v) is 15.7. The van der Waals surface area contributed by atoms with Crippen molar-refractivity contribution in [2.45, 2.75) is 6.42 Å². The quantitative estimate of drug-likeness (QED) is 0.447. The van der Waals surface area contributed by atoms with Gasteiger partial charge in [0.1, 0.15) is 11.4 Å². The molecule has 0 aliphatic carbocycles. The van der Waals surface area contributed by atoms with E-state index in [1.54, 1.807) is 43.5 Å². The first-order valence-electron chi connectivity index (χ1n) is 7.85. The number of benzene rings is 1. The van der Waals surface area contributed by atoms with Gasteiger partial charge in [-0.15, -0.1) is 0 Å². The minimum Gasteiger partial charge on any atom is -0.497 e. The Kier molecular flexibility index (Phi) is 7.43. The fourth-order valence-corrected chi connectivity index (χ4v) is 2.33. The Morgan fingerprint density at radius 3 is 2.54 bits per heavy atom. The molecule has 0 unspecified atom stereocenters. The number of ether oxygens (including phenoxy) is 1. The van der Waals surface area contributed by atoms with Crippen LogP contribution in [-0.2, 0) is 4.79 Å². The summed E-state index contributed by atoms with van der Waals surface area (Å²) in [6.45, 7) is 0.252. The van der Waals surface area contributed by atoms with Crippen LogP contribution in [0.1, 0.15) is 22.5 Å². The van der Waals surface area contributed by atoms with Crippen molar-refractivity contribution >= 4 is 33.8 Å². The summed E-state index contributed by atoms with van der Waals surface area (Å²) < 4.78 is 10.7. The second-order valence-corrected chi connectivity index (χ2v) is 6.00. The maximum absolute atomic E-state index is 12.4. The number of nitrogens with one attached hydrogen (secondary N) is 2. The first-order valence-corrected chi connectivity index (χ1v) is 8.64. The highest BCUT2D eigenvalue weighted by molar-refractivity contribution is 9.10. The van der Waals surface area contributed by atoms with Crippen LogP contribution in [0.25, 0.3) is 6.08 Å². The highest BCUT2D eigenvalue weighted by atomic mass is 79.9. The van der Waals surface area contributed by atoms with Crippen molar-refractivity contribution in [1.29, 1.82) is 0 Å². The van der Waals surface area contributed by atoms with Crippen molar-refractivity contribution in [2.75, 3.05) is 20.3 Å². The van der Waals surface area contributed by atoms with Gasteiger partial charge in [0.2, 0.25) is 0 Å². The van der Waals surface area contributed by atoms with Crippen LogP contribution in [0.15, 0.2) is 51.2 Å². The second-order valence-electron chi connectivity index (χ2n) is 5.22. The van der Waals surface area contributed by atoms with E-state index in [0.29, 0.717) is 22.4 Å². The summed E-state index contributed by atoms with van der Waals surface area (Å²) in [4.78, 5) is 24.7. The van der Waals surface area contributed by atoms with E-state index in [4.69, 9.17) is 14.3 Å². The smallest absolute Gasteiger partial charge is 0.291 e. The Morgan fingerprint density at radius 1 is 1.23 bits per heavy atom. The lowest BCUT2D eigenvalue weighted by molar-refractivity contribution is -0.117. The van der Waals surface area contributed by atoms with Crippen molar-refractivity contribution in [3.63, 3.8) is 0 Å². The van der Waals surface area contributed by atoms with Crippen molar-refractivity contribution in [1.82, 2.24) is 10.6 Å². The lowest BCUT2D eigenvalue weighted by Gasteiger charge is -2.10. The number of carbonyl (C=O) groups excluding carboxylic acids is 2. The third kappa shape index (κ3) is 5.75. The van der Waals surface area contributed by atoms with Crippen molar-refractivity contribution < 1.29 is 23.8 Å². The Labute approximate surface area is 159 Å². The molecular formula is C18H19BrN2O5. The van der Waals surface area contributed by atoms with Crippen LogP contribution in [0.5, 0.6) is 5.75 Å². The average Bonchev–Trinajstić information content (AvgIpc) is 3.08. The first-order chi connectivity index (χ1) is 12.5. The number of hydrogen-bond donors (Lipinski definition) is 3. The molecule has 0 saturated carbocycles. The topological polar surface area (TPSA) is 101 Å². The number of halogens is 1. The van der Waals surface area contributed by atoms with Crippen LogP contribution in [-0.4, -0.2) is 37.2 Å². The number of aliphatic hydroxyl groups is 1. The number of amides is 2. The molecule has 1 heterocycles. The van der Waals surface area contributed by atoms with Gasteiger partial charge in [0, 0.05) is 13.2 Å². The maximum atomic E-state index is 12.4. The number of rotatable bonds is 8. The largest absolute Gasteiger partial charge is 0.497 e. The molecule has 2 rings (SSSR count). The number of hydrogen-bond acceptors (Lipinski definition) is 5. The highest BCUT2D eigenvalue weighted by Crippen LogP contribution is 2.16. The van der Waals surface area contributed by atoms with E-state index < -0.39 is 11.8 Å². The monoisotopic (exact) mass is 422 g/mol. The normalized spacial score (nSPS) is 11.1. The van der Waals surface area contributed by atoms with E-state index in [0.717, 1.165) is 0 Å². The van der Waals surface area contributed by atoms with Crippen molar-refractivity contribution in [3.05, 3.63) is 58.1 Å². The zero-order valence-electron chi connectivity index (χ0n) is 14.1. The van der Waals surface area contributed by atoms with Crippen molar-refractivity contribution in [3.8, 4) is 5.75 Å². The zero-order chi connectivity index (χ0) is 18.9. The number of methoxy groups -OCH3 is 1. The Morgan fingerprint density at radius 2 is 1.96 bits per heavy atom. The summed E-state index contributed by atoms with van der Waals surface area (Å²) in [6.07, 6.45) is 1.96. The van der Waals surface area contributed by atoms with Gasteiger partial charge >= 0.3 is 0 Å². The fourth-order valence-electron chi connectivity index (χ4n) is 2.02. The maximum Gasteiger partial charge on any atom is 0.291 e. The van der Waals surface area contributed by atoms with Gasteiger partial charge in [-0.25, -0.2) is 0 Å². The molecule has 2 amide bonds. The molecule has 1 aromatic heterocycles. The van der Waals surface area contributed by atoms with E-state index >= 15 is 0 Å². The molecule has 0 aliphatic rings. The van der Waals surface area contributed by atoms with E-state index in [-0.39, 0.29) is 24.6 Å². The van der Waals surface area contributed by atoms with E-state index in [9.17, 15) is 9.59 Å². The first kappa shape index (κ1) is 19.7. The summed E-state index contributed by atoms with van der Waals surface area (Å²) in [5, 5.41) is 14.0. The number of furan rings is 1. The van der Waals surface area contributed by atoms with Gasteiger partial charge in [-0.3, -0.25) is 9.59 Å². The summed E-state index contributed by atoms with van der Waals surface area (Å²) in [6, 6.07) is 10.1. The van der Waals surface area contributed by atoms with Gasteiger partial charge in [-0.05, 0) is 58.3 Å². The van der Waals surface area contributed by atoms with Gasteiger partial charge < -0.3 is 24.9 Å². The molecule has 138 valence electrons. The number of carbonyl (C=O) groups is 2. The summed E-state index contributed by atoms with van der Waals surface area (Å²) in [5.41, 5.74) is 0.768. The van der Waals surface area contributed by atoms with E-state index in [2.05, 4.69) is 26.6 Å².